The highest BCUT2D eigenvalue weighted by Crippen LogP contribution is 2.32. The van der Waals surface area contributed by atoms with E-state index < -0.39 is 0 Å². The summed E-state index contributed by atoms with van der Waals surface area (Å²) in [5.74, 6) is 1.94. The first-order valence-corrected chi connectivity index (χ1v) is 11.6. The summed E-state index contributed by atoms with van der Waals surface area (Å²) in [5, 5.41) is 6.34. The van der Waals surface area contributed by atoms with Crippen molar-refractivity contribution in [1.29, 1.82) is 0 Å². The maximum absolute atomic E-state index is 3.59. The van der Waals surface area contributed by atoms with Crippen molar-refractivity contribution in [3.05, 3.63) is 0 Å². The predicted molar refractivity (Wildman–Crippen MR) is 131 cm³/mol. The molecule has 0 radical (unpaired) electrons. The molecule has 0 aromatic carbocycles. The van der Waals surface area contributed by atoms with Gasteiger partial charge in [0.2, 0.25) is 0 Å². The van der Waals surface area contributed by atoms with Crippen molar-refractivity contribution in [2.45, 2.75) is 74.1 Å². The average Bonchev–Trinajstić information content (AvgIpc) is 2.67. The molecular weight excluding hydrogens is 332 g/mol. The molecule has 1 aliphatic carbocycles. The predicted octanol–water partition coefficient (Wildman–Crippen LogP) is 5.06. The first-order chi connectivity index (χ1) is 12.9. The van der Waals surface area contributed by atoms with Crippen LogP contribution in [0.1, 0.15) is 77.0 Å². The molecule has 172 valence electrons. The van der Waals surface area contributed by atoms with E-state index in [4.69, 9.17) is 0 Å². The third kappa shape index (κ3) is 23.8. The van der Waals surface area contributed by atoms with E-state index in [0.29, 0.717) is 0 Å². The highest BCUT2D eigenvalue weighted by Gasteiger charge is 2.25. The summed E-state index contributed by atoms with van der Waals surface area (Å²) in [4.78, 5) is 4.74. The molecule has 0 aromatic heterocycles. The molecule has 2 N–H and O–H groups in total. The third-order valence-corrected chi connectivity index (χ3v) is 5.01. The van der Waals surface area contributed by atoms with E-state index in [1.165, 1.54) is 58.4 Å². The Morgan fingerprint density at radius 3 is 1.63 bits per heavy atom. The van der Waals surface area contributed by atoms with Crippen LogP contribution in [0.4, 0.5) is 0 Å². The van der Waals surface area contributed by atoms with Gasteiger partial charge in [0.05, 0.1) is 0 Å². The van der Waals surface area contributed by atoms with E-state index in [0.717, 1.165) is 24.9 Å². The standard InChI is InChI=1S/C13H28N2.C5H13N.C3H8.C2H7N.2H2/c1-4-15(5-2)10-6-9-14-11-13-8-7-12(13)3;1-4-6(3)5-2;2*1-3-2;;/h12-14H,4-11H2,1-3H3;4-5H2,1-3H3;3H2,1-2H3;3H,1-2H3;2*1H. The Morgan fingerprint density at radius 2 is 1.37 bits per heavy atom. The second kappa shape index (κ2) is 25.8. The Bertz CT molecular complexity index is 242. The molecule has 2 unspecified atom stereocenters. The molecule has 2 atom stereocenters. The van der Waals surface area contributed by atoms with Gasteiger partial charge in [-0.25, -0.2) is 0 Å². The maximum atomic E-state index is 3.59. The molecule has 0 aromatic rings. The minimum atomic E-state index is 0. The van der Waals surface area contributed by atoms with E-state index in [-0.39, 0.29) is 2.85 Å². The lowest BCUT2D eigenvalue weighted by atomic mass is 9.75. The summed E-state index contributed by atoms with van der Waals surface area (Å²) in [6.07, 6.45) is 5.44. The fraction of sp³-hybridized carbons (Fsp3) is 1.00. The Labute approximate surface area is 176 Å². The van der Waals surface area contributed by atoms with Crippen molar-refractivity contribution in [3.63, 3.8) is 0 Å². The van der Waals surface area contributed by atoms with E-state index in [1.807, 2.05) is 14.1 Å². The topological polar surface area (TPSA) is 30.5 Å². The molecule has 0 spiro atoms. The quantitative estimate of drug-likeness (QED) is 0.509. The van der Waals surface area contributed by atoms with Crippen LogP contribution in [0.25, 0.3) is 0 Å². The van der Waals surface area contributed by atoms with Gasteiger partial charge in [-0.05, 0) is 91.6 Å². The highest BCUT2D eigenvalue weighted by molar-refractivity contribution is 4.78. The Morgan fingerprint density at radius 1 is 0.889 bits per heavy atom. The zero-order valence-corrected chi connectivity index (χ0v) is 20.8. The van der Waals surface area contributed by atoms with Gasteiger partial charge in [-0.15, -0.1) is 0 Å². The van der Waals surface area contributed by atoms with Crippen LogP contribution in [0.3, 0.4) is 0 Å². The van der Waals surface area contributed by atoms with Gasteiger partial charge >= 0.3 is 0 Å². The van der Waals surface area contributed by atoms with Crippen LogP contribution < -0.4 is 10.6 Å². The van der Waals surface area contributed by atoms with Gasteiger partial charge in [0.25, 0.3) is 0 Å². The normalized spacial score (nSPS) is 17.8. The zero-order valence-electron chi connectivity index (χ0n) is 20.8. The number of hydrogen-bond acceptors (Lipinski definition) is 4. The summed E-state index contributed by atoms with van der Waals surface area (Å²) < 4.78 is 0. The molecule has 0 amide bonds. The Hall–Kier alpha value is -0.160. The van der Waals surface area contributed by atoms with Crippen LogP contribution in [-0.2, 0) is 0 Å². The molecule has 27 heavy (non-hydrogen) atoms. The average molecular weight is 393 g/mol. The smallest absolute Gasteiger partial charge is 0 e. The lowest BCUT2D eigenvalue weighted by Crippen LogP contribution is -2.35. The molecule has 4 heteroatoms. The van der Waals surface area contributed by atoms with Crippen LogP contribution in [-0.4, -0.2) is 76.8 Å². The van der Waals surface area contributed by atoms with Crippen LogP contribution in [0.5, 0.6) is 0 Å². The van der Waals surface area contributed by atoms with Crippen molar-refractivity contribution in [2.75, 3.05) is 67.0 Å². The van der Waals surface area contributed by atoms with E-state index in [1.54, 1.807) is 0 Å². The van der Waals surface area contributed by atoms with Gasteiger partial charge in [0.1, 0.15) is 0 Å². The molecule has 0 aliphatic heterocycles. The Kier molecular flexibility index (Phi) is 30.2. The molecular formula is C23H60N4. The van der Waals surface area contributed by atoms with Gasteiger partial charge in [-0.2, -0.15) is 0 Å². The van der Waals surface area contributed by atoms with Gasteiger partial charge in [0.15, 0.2) is 0 Å². The summed E-state index contributed by atoms with van der Waals surface area (Å²) in [5.41, 5.74) is 0. The fourth-order valence-electron chi connectivity index (χ4n) is 2.52. The minimum Gasteiger partial charge on any atom is -0.323 e. The molecule has 4 nitrogen and oxygen atoms in total. The van der Waals surface area contributed by atoms with Gasteiger partial charge in [-0.1, -0.05) is 61.3 Å². The van der Waals surface area contributed by atoms with E-state index >= 15 is 0 Å². The van der Waals surface area contributed by atoms with Gasteiger partial charge in [-0.3, -0.25) is 0 Å². The van der Waals surface area contributed by atoms with Crippen molar-refractivity contribution in [2.24, 2.45) is 11.8 Å². The second-order valence-corrected chi connectivity index (χ2v) is 7.59. The fourth-order valence-corrected chi connectivity index (χ4v) is 2.52. The lowest BCUT2D eigenvalue weighted by molar-refractivity contribution is 0.190. The molecule has 0 bridgehead atoms. The largest absolute Gasteiger partial charge is 0.323 e. The second-order valence-electron chi connectivity index (χ2n) is 7.59. The lowest BCUT2D eigenvalue weighted by Gasteiger charge is -2.34. The molecule has 0 saturated heterocycles. The van der Waals surface area contributed by atoms with Crippen molar-refractivity contribution >= 4 is 0 Å². The molecule has 1 rings (SSSR count). The minimum absolute atomic E-state index is 0. The van der Waals surface area contributed by atoms with Crippen LogP contribution in [0, 0.1) is 11.8 Å². The number of hydrogen-bond donors (Lipinski definition) is 2. The van der Waals surface area contributed by atoms with Crippen molar-refractivity contribution < 1.29 is 2.85 Å². The zero-order chi connectivity index (χ0) is 21.5. The van der Waals surface area contributed by atoms with Crippen LogP contribution >= 0.6 is 0 Å². The number of rotatable bonds is 10. The molecule has 0 heterocycles. The van der Waals surface area contributed by atoms with Crippen LogP contribution in [0.15, 0.2) is 0 Å². The third-order valence-electron chi connectivity index (χ3n) is 5.01. The SMILES string of the molecule is CCC.CCN(C)CC.CCN(CC)CCCNCC1CCC1C.CNC.[HH].[HH]. The van der Waals surface area contributed by atoms with Gasteiger partial charge < -0.3 is 20.4 Å². The Balaban J connectivity index is -0.000000115. The molecule has 1 fully saturated rings. The summed E-state index contributed by atoms with van der Waals surface area (Å²) in [6, 6.07) is 0. The highest BCUT2D eigenvalue weighted by atomic mass is 15.1. The first kappa shape index (κ1) is 31.5. The van der Waals surface area contributed by atoms with E-state index in [2.05, 4.69) is 75.9 Å². The number of nitrogens with zero attached hydrogens (tertiary/aromatic N) is 2. The number of nitrogens with one attached hydrogen (secondary N) is 2. The first-order valence-electron chi connectivity index (χ1n) is 11.6. The monoisotopic (exact) mass is 392 g/mol. The van der Waals surface area contributed by atoms with Crippen LogP contribution in [0.2, 0.25) is 0 Å². The maximum Gasteiger partial charge on any atom is 0 e. The van der Waals surface area contributed by atoms with Crippen molar-refractivity contribution in [3.8, 4) is 0 Å². The molecule has 1 saturated carbocycles. The summed E-state index contributed by atoms with van der Waals surface area (Å²) >= 11 is 0. The summed E-state index contributed by atoms with van der Waals surface area (Å²) in [6.45, 7) is 23.8. The van der Waals surface area contributed by atoms with Gasteiger partial charge in [0, 0.05) is 2.85 Å². The molecule has 1 aliphatic rings. The van der Waals surface area contributed by atoms with E-state index in [9.17, 15) is 0 Å². The summed E-state index contributed by atoms with van der Waals surface area (Å²) in [7, 11) is 5.86. The van der Waals surface area contributed by atoms with Crippen molar-refractivity contribution in [1.82, 2.24) is 20.4 Å².